The second-order valence-corrected chi connectivity index (χ2v) is 5.26. The molecule has 2 rings (SSSR count). The van der Waals surface area contributed by atoms with Crippen molar-refractivity contribution in [3.63, 3.8) is 0 Å². The van der Waals surface area contributed by atoms with Gasteiger partial charge in [-0.2, -0.15) is 0 Å². The van der Waals surface area contributed by atoms with Crippen LogP contribution in [0.2, 0.25) is 0 Å². The standard InChI is InChI=1S/C11H12BrFN2O/c1-11(3-4-11)15(2)10(16)9-8(13)5-7(12)6-14-9/h5-6H,3-4H2,1-2H3. The van der Waals surface area contributed by atoms with Crippen molar-refractivity contribution >= 4 is 21.8 Å². The number of hydrogen-bond acceptors (Lipinski definition) is 2. The van der Waals surface area contributed by atoms with Crippen molar-refractivity contribution in [2.45, 2.75) is 25.3 Å². The van der Waals surface area contributed by atoms with E-state index in [1.54, 1.807) is 11.9 Å². The molecular weight excluding hydrogens is 275 g/mol. The number of aromatic nitrogens is 1. The minimum Gasteiger partial charge on any atom is -0.335 e. The molecule has 0 aromatic carbocycles. The minimum absolute atomic E-state index is 0.112. The van der Waals surface area contributed by atoms with Crippen LogP contribution in [0, 0.1) is 5.82 Å². The highest BCUT2D eigenvalue weighted by molar-refractivity contribution is 9.10. The molecule has 0 N–H and O–H groups in total. The molecule has 1 aliphatic rings. The molecule has 1 saturated carbocycles. The van der Waals surface area contributed by atoms with Crippen LogP contribution in [0.15, 0.2) is 16.7 Å². The van der Waals surface area contributed by atoms with Crippen LogP contribution >= 0.6 is 15.9 Å². The van der Waals surface area contributed by atoms with E-state index < -0.39 is 5.82 Å². The fourth-order valence-electron chi connectivity index (χ4n) is 1.49. The summed E-state index contributed by atoms with van der Waals surface area (Å²) in [5, 5.41) is 0. The SMILES string of the molecule is CN(C(=O)c1ncc(Br)cc1F)C1(C)CC1. The van der Waals surface area contributed by atoms with Crippen LogP contribution in [0.25, 0.3) is 0 Å². The van der Waals surface area contributed by atoms with Crippen molar-refractivity contribution in [3.8, 4) is 0 Å². The highest BCUT2D eigenvalue weighted by Gasteiger charge is 2.44. The van der Waals surface area contributed by atoms with Gasteiger partial charge in [-0.1, -0.05) is 0 Å². The van der Waals surface area contributed by atoms with E-state index in [4.69, 9.17) is 0 Å². The van der Waals surface area contributed by atoms with Gasteiger partial charge in [0, 0.05) is 23.3 Å². The number of rotatable bonds is 2. The van der Waals surface area contributed by atoms with Crippen molar-refractivity contribution < 1.29 is 9.18 Å². The zero-order valence-corrected chi connectivity index (χ0v) is 10.7. The monoisotopic (exact) mass is 286 g/mol. The number of amides is 1. The van der Waals surface area contributed by atoms with Gasteiger partial charge in [-0.15, -0.1) is 0 Å². The Morgan fingerprint density at radius 2 is 2.25 bits per heavy atom. The van der Waals surface area contributed by atoms with Gasteiger partial charge >= 0.3 is 0 Å². The van der Waals surface area contributed by atoms with Crippen LogP contribution in [0.4, 0.5) is 4.39 Å². The number of halogens is 2. The van der Waals surface area contributed by atoms with Gasteiger partial charge in [0.2, 0.25) is 0 Å². The van der Waals surface area contributed by atoms with Gasteiger partial charge < -0.3 is 4.90 Å². The molecule has 1 heterocycles. The Bertz CT molecular complexity index is 446. The molecular formula is C11H12BrFN2O. The topological polar surface area (TPSA) is 33.2 Å². The number of carbonyl (C=O) groups excluding carboxylic acids is 1. The van der Waals surface area contributed by atoms with Crippen molar-refractivity contribution in [1.29, 1.82) is 0 Å². The van der Waals surface area contributed by atoms with E-state index in [1.165, 1.54) is 12.3 Å². The van der Waals surface area contributed by atoms with E-state index in [9.17, 15) is 9.18 Å². The molecule has 16 heavy (non-hydrogen) atoms. The number of pyridine rings is 1. The average molecular weight is 287 g/mol. The van der Waals surface area contributed by atoms with Crippen LogP contribution in [0.5, 0.6) is 0 Å². The lowest BCUT2D eigenvalue weighted by Gasteiger charge is -2.24. The van der Waals surface area contributed by atoms with E-state index in [-0.39, 0.29) is 17.1 Å². The smallest absolute Gasteiger partial charge is 0.275 e. The quantitative estimate of drug-likeness (QED) is 0.837. The average Bonchev–Trinajstić information content (AvgIpc) is 2.96. The summed E-state index contributed by atoms with van der Waals surface area (Å²) in [4.78, 5) is 17.4. The maximum atomic E-state index is 13.5. The third-order valence-corrected chi connectivity index (χ3v) is 3.53. The van der Waals surface area contributed by atoms with Crippen LogP contribution in [0.1, 0.15) is 30.3 Å². The van der Waals surface area contributed by atoms with E-state index in [0.29, 0.717) is 4.47 Å². The zero-order valence-electron chi connectivity index (χ0n) is 9.13. The fraction of sp³-hybridized carbons (Fsp3) is 0.455. The number of hydrogen-bond donors (Lipinski definition) is 0. The first-order valence-corrected chi connectivity index (χ1v) is 5.82. The molecule has 5 heteroatoms. The third kappa shape index (κ3) is 1.96. The summed E-state index contributed by atoms with van der Waals surface area (Å²) in [5.74, 6) is -0.944. The first-order chi connectivity index (χ1) is 7.44. The Balaban J connectivity index is 2.27. The molecule has 0 atom stereocenters. The van der Waals surface area contributed by atoms with E-state index in [1.807, 2.05) is 6.92 Å². The summed E-state index contributed by atoms with van der Waals surface area (Å²) in [6.45, 7) is 1.99. The molecule has 1 aromatic heterocycles. The molecule has 1 fully saturated rings. The van der Waals surface area contributed by atoms with Gasteiger partial charge in [0.05, 0.1) is 0 Å². The lowest BCUT2D eigenvalue weighted by atomic mass is 10.2. The fourth-order valence-corrected chi connectivity index (χ4v) is 1.80. The summed E-state index contributed by atoms with van der Waals surface area (Å²) < 4.78 is 14.1. The Hall–Kier alpha value is -0.970. The Kier molecular flexibility index (Phi) is 2.74. The van der Waals surface area contributed by atoms with Gasteiger partial charge in [0.1, 0.15) is 0 Å². The summed E-state index contributed by atoms with van der Waals surface area (Å²) in [6, 6.07) is 1.25. The second kappa shape index (κ2) is 3.80. The maximum Gasteiger partial charge on any atom is 0.275 e. The van der Waals surface area contributed by atoms with Gasteiger partial charge in [-0.25, -0.2) is 9.37 Å². The third-order valence-electron chi connectivity index (χ3n) is 3.10. The molecule has 1 aromatic rings. The van der Waals surface area contributed by atoms with Gasteiger partial charge in [0.15, 0.2) is 11.5 Å². The zero-order chi connectivity index (χ0) is 11.9. The van der Waals surface area contributed by atoms with Crippen LogP contribution in [-0.4, -0.2) is 28.4 Å². The predicted octanol–water partition coefficient (Wildman–Crippen LogP) is 2.61. The van der Waals surface area contributed by atoms with E-state index >= 15 is 0 Å². The Morgan fingerprint density at radius 1 is 1.62 bits per heavy atom. The highest BCUT2D eigenvalue weighted by atomic mass is 79.9. The molecule has 0 bridgehead atoms. The van der Waals surface area contributed by atoms with Crippen molar-refractivity contribution in [1.82, 2.24) is 9.88 Å². The number of carbonyl (C=O) groups is 1. The molecule has 0 unspecified atom stereocenters. The number of nitrogens with zero attached hydrogens (tertiary/aromatic N) is 2. The van der Waals surface area contributed by atoms with Crippen LogP contribution in [-0.2, 0) is 0 Å². The Morgan fingerprint density at radius 3 is 2.75 bits per heavy atom. The first kappa shape index (κ1) is 11.5. The predicted molar refractivity (Wildman–Crippen MR) is 61.6 cm³/mol. The summed E-state index contributed by atoms with van der Waals surface area (Å²) in [5.41, 5.74) is -0.225. The van der Waals surface area contributed by atoms with Gasteiger partial charge in [-0.05, 0) is 41.8 Å². The molecule has 0 radical (unpaired) electrons. The normalized spacial score (nSPS) is 17.0. The summed E-state index contributed by atoms with van der Waals surface area (Å²) in [7, 11) is 1.69. The largest absolute Gasteiger partial charge is 0.335 e. The minimum atomic E-state index is -0.588. The van der Waals surface area contributed by atoms with E-state index in [2.05, 4.69) is 20.9 Å². The molecule has 0 spiro atoms. The van der Waals surface area contributed by atoms with Crippen LogP contribution < -0.4 is 0 Å². The Labute approximate surface area is 102 Å². The summed E-state index contributed by atoms with van der Waals surface area (Å²) >= 11 is 3.11. The lowest BCUT2D eigenvalue weighted by Crippen LogP contribution is -2.37. The van der Waals surface area contributed by atoms with Gasteiger partial charge in [0.25, 0.3) is 5.91 Å². The first-order valence-electron chi connectivity index (χ1n) is 5.03. The lowest BCUT2D eigenvalue weighted by molar-refractivity contribution is 0.0712. The van der Waals surface area contributed by atoms with Gasteiger partial charge in [-0.3, -0.25) is 4.79 Å². The van der Waals surface area contributed by atoms with E-state index in [0.717, 1.165) is 12.8 Å². The second-order valence-electron chi connectivity index (χ2n) is 4.35. The van der Waals surface area contributed by atoms with Crippen molar-refractivity contribution in [3.05, 3.63) is 28.2 Å². The van der Waals surface area contributed by atoms with Crippen molar-refractivity contribution in [2.24, 2.45) is 0 Å². The highest BCUT2D eigenvalue weighted by Crippen LogP contribution is 2.40. The van der Waals surface area contributed by atoms with Crippen molar-refractivity contribution in [2.75, 3.05) is 7.05 Å². The molecule has 0 saturated heterocycles. The molecule has 86 valence electrons. The van der Waals surface area contributed by atoms with Crippen LogP contribution in [0.3, 0.4) is 0 Å². The molecule has 3 nitrogen and oxygen atoms in total. The summed E-state index contributed by atoms with van der Waals surface area (Å²) in [6.07, 6.45) is 3.36. The molecule has 1 amide bonds. The molecule has 1 aliphatic carbocycles. The maximum absolute atomic E-state index is 13.5. The molecule has 0 aliphatic heterocycles.